The summed E-state index contributed by atoms with van der Waals surface area (Å²) in [5, 5.41) is 15.3. The Morgan fingerprint density at radius 3 is 2.35 bits per heavy atom. The first kappa shape index (κ1) is 25.2. The van der Waals surface area contributed by atoms with E-state index in [0.29, 0.717) is 34.5 Å². The van der Waals surface area contributed by atoms with Gasteiger partial charge >= 0.3 is 0 Å². The molecule has 40 heavy (non-hydrogen) atoms. The third kappa shape index (κ3) is 4.56. The molecule has 0 aromatic heterocycles. The molecule has 7 nitrogen and oxygen atoms in total. The predicted octanol–water partition coefficient (Wildman–Crippen LogP) is 7.12. The molecule has 1 aliphatic carbocycles. The topological polar surface area (TPSA) is 92.6 Å². The fourth-order valence-electron chi connectivity index (χ4n) is 5.73. The molecule has 0 saturated heterocycles. The number of Topliss-reactive ketones (excluding diaryl/α,β-unsaturated/α-hetero) is 1. The maximum absolute atomic E-state index is 14.2. The van der Waals surface area contributed by atoms with Gasteiger partial charge in [0.05, 0.1) is 22.3 Å². The highest BCUT2D eigenvalue weighted by molar-refractivity contribution is 6.12. The number of amides is 1. The number of carbonyl (C=O) groups excluding carboxylic acids is 2. The molecular formula is C33H27N3O4. The van der Waals surface area contributed by atoms with Gasteiger partial charge in [-0.25, -0.2) is 0 Å². The average molecular weight is 530 g/mol. The number of nitrogens with one attached hydrogen (secondary N) is 1. The molecular weight excluding hydrogens is 502 g/mol. The minimum atomic E-state index is -0.856. The first-order valence-corrected chi connectivity index (χ1v) is 13.2. The molecule has 0 bridgehead atoms. The lowest BCUT2D eigenvalue weighted by molar-refractivity contribution is -0.384. The number of nitro benzene ring substituents is 1. The smallest absolute Gasteiger partial charge is 0.269 e. The zero-order chi connectivity index (χ0) is 27.8. The maximum atomic E-state index is 14.2. The Balaban J connectivity index is 1.57. The van der Waals surface area contributed by atoms with Gasteiger partial charge in [-0.2, -0.15) is 0 Å². The highest BCUT2D eigenvalue weighted by atomic mass is 16.6. The Labute approximate surface area is 231 Å². The molecule has 2 unspecified atom stereocenters. The number of anilines is 2. The van der Waals surface area contributed by atoms with Crippen LogP contribution >= 0.6 is 0 Å². The summed E-state index contributed by atoms with van der Waals surface area (Å²) in [6, 6.07) is 29.9. The van der Waals surface area contributed by atoms with E-state index in [0.717, 1.165) is 16.8 Å². The maximum Gasteiger partial charge on any atom is 0.269 e. The number of non-ortho nitro benzene ring substituents is 1. The van der Waals surface area contributed by atoms with Crippen molar-refractivity contribution in [1.29, 1.82) is 0 Å². The second kappa shape index (κ2) is 10.3. The van der Waals surface area contributed by atoms with Crippen molar-refractivity contribution in [2.45, 2.75) is 31.7 Å². The van der Waals surface area contributed by atoms with E-state index >= 15 is 0 Å². The molecule has 0 fully saturated rings. The van der Waals surface area contributed by atoms with Crippen LogP contribution in [0.2, 0.25) is 0 Å². The van der Waals surface area contributed by atoms with Crippen LogP contribution in [-0.4, -0.2) is 16.6 Å². The Kier molecular flexibility index (Phi) is 6.48. The van der Waals surface area contributed by atoms with Gasteiger partial charge < -0.3 is 5.32 Å². The largest absolute Gasteiger partial charge is 0.357 e. The minimum Gasteiger partial charge on any atom is -0.357 e. The summed E-state index contributed by atoms with van der Waals surface area (Å²) in [4.78, 5) is 41.3. The van der Waals surface area contributed by atoms with Crippen LogP contribution in [0.4, 0.5) is 17.1 Å². The zero-order valence-electron chi connectivity index (χ0n) is 21.9. The normalized spacial score (nSPS) is 18.3. The number of ketones is 1. The summed E-state index contributed by atoms with van der Waals surface area (Å²) < 4.78 is 0. The Morgan fingerprint density at radius 2 is 1.60 bits per heavy atom. The molecule has 2 aliphatic rings. The van der Waals surface area contributed by atoms with Crippen LogP contribution in [0.15, 0.2) is 114 Å². The van der Waals surface area contributed by atoms with Crippen molar-refractivity contribution in [3.8, 4) is 0 Å². The van der Waals surface area contributed by atoms with Crippen molar-refractivity contribution in [3.05, 3.63) is 147 Å². The fraction of sp³-hybridized carbons (Fsp3) is 0.152. The van der Waals surface area contributed by atoms with E-state index < -0.39 is 11.0 Å². The van der Waals surface area contributed by atoms with E-state index in [-0.39, 0.29) is 29.7 Å². The number of hydrogen-bond donors (Lipinski definition) is 1. The average Bonchev–Trinajstić information content (AvgIpc) is 3.12. The minimum absolute atomic E-state index is 0.0337. The molecule has 198 valence electrons. The van der Waals surface area contributed by atoms with Gasteiger partial charge in [0.2, 0.25) is 0 Å². The second-order valence-electron chi connectivity index (χ2n) is 10.3. The summed E-state index contributed by atoms with van der Waals surface area (Å²) in [5.74, 6) is -0.420. The lowest BCUT2D eigenvalue weighted by Gasteiger charge is -2.35. The van der Waals surface area contributed by atoms with E-state index in [4.69, 9.17) is 0 Å². The Hall–Kier alpha value is -5.04. The number of para-hydroxylation sites is 2. The molecule has 0 radical (unpaired) electrons. The summed E-state index contributed by atoms with van der Waals surface area (Å²) >= 11 is 0. The highest BCUT2D eigenvalue weighted by Crippen LogP contribution is 2.48. The standard InChI is InChI=1S/C33H27N3O4/c1-21-14-16-22(17-15-21)25-19-28-31(30(37)20-25)32(24-10-7-11-26(18-24)36(39)40)35(29-13-6-5-12-27(29)34-28)33(38)23-8-3-2-4-9-23/h2-18,25,32,34H,19-20H2,1H3. The number of aryl methyl sites for hydroxylation is 1. The van der Waals surface area contributed by atoms with Gasteiger partial charge in [-0.1, -0.05) is 72.3 Å². The molecule has 1 amide bonds. The zero-order valence-corrected chi connectivity index (χ0v) is 21.9. The Bertz CT molecular complexity index is 1660. The van der Waals surface area contributed by atoms with Crippen LogP contribution in [0.3, 0.4) is 0 Å². The molecule has 2 atom stereocenters. The van der Waals surface area contributed by atoms with E-state index in [1.807, 2.05) is 49.4 Å². The van der Waals surface area contributed by atoms with Crippen molar-refractivity contribution >= 4 is 28.8 Å². The summed E-state index contributed by atoms with van der Waals surface area (Å²) in [5.41, 5.74) is 5.58. The molecule has 1 N–H and O–H groups in total. The lowest BCUT2D eigenvalue weighted by Crippen LogP contribution is -2.38. The number of fused-ring (bicyclic) bond motifs is 1. The molecule has 4 aromatic carbocycles. The van der Waals surface area contributed by atoms with Gasteiger partial charge in [-0.05, 0) is 54.7 Å². The number of nitro groups is 1. The highest BCUT2D eigenvalue weighted by Gasteiger charge is 2.42. The van der Waals surface area contributed by atoms with Gasteiger partial charge in [-0.3, -0.25) is 24.6 Å². The molecule has 1 heterocycles. The summed E-state index contributed by atoms with van der Waals surface area (Å²) in [6.07, 6.45) is 0.843. The lowest BCUT2D eigenvalue weighted by atomic mass is 9.78. The van der Waals surface area contributed by atoms with Gasteiger partial charge in [0.15, 0.2) is 5.78 Å². The molecule has 4 aromatic rings. The number of carbonyl (C=O) groups is 2. The van der Waals surface area contributed by atoms with Crippen LogP contribution in [0.25, 0.3) is 0 Å². The first-order valence-electron chi connectivity index (χ1n) is 13.2. The van der Waals surface area contributed by atoms with Crippen LogP contribution < -0.4 is 10.2 Å². The van der Waals surface area contributed by atoms with Gasteiger partial charge in [0.25, 0.3) is 11.6 Å². The van der Waals surface area contributed by atoms with Crippen LogP contribution in [0.1, 0.15) is 51.8 Å². The van der Waals surface area contributed by atoms with E-state index in [9.17, 15) is 19.7 Å². The monoisotopic (exact) mass is 529 g/mol. The first-order chi connectivity index (χ1) is 19.4. The number of rotatable bonds is 4. The molecule has 0 spiro atoms. The van der Waals surface area contributed by atoms with E-state index in [1.165, 1.54) is 12.1 Å². The summed E-state index contributed by atoms with van der Waals surface area (Å²) in [6.45, 7) is 2.03. The summed E-state index contributed by atoms with van der Waals surface area (Å²) in [7, 11) is 0. The van der Waals surface area contributed by atoms with Crippen LogP contribution in [0, 0.1) is 17.0 Å². The predicted molar refractivity (Wildman–Crippen MR) is 154 cm³/mol. The van der Waals surface area contributed by atoms with Crippen molar-refractivity contribution in [2.75, 3.05) is 10.2 Å². The second-order valence-corrected chi connectivity index (χ2v) is 10.3. The quantitative estimate of drug-likeness (QED) is 0.224. The van der Waals surface area contributed by atoms with Crippen LogP contribution in [-0.2, 0) is 4.79 Å². The van der Waals surface area contributed by atoms with Crippen molar-refractivity contribution in [1.82, 2.24) is 0 Å². The number of allylic oxidation sites excluding steroid dienone is 1. The van der Waals surface area contributed by atoms with Gasteiger partial charge in [0, 0.05) is 35.4 Å². The SMILES string of the molecule is Cc1ccc(C2CC(=O)C3=C(C2)Nc2ccccc2N(C(=O)c2ccccc2)C3c2cccc([N+](=O)[O-])c2)cc1. The molecule has 7 heteroatoms. The third-order valence-corrected chi connectivity index (χ3v) is 7.67. The van der Waals surface area contributed by atoms with Gasteiger partial charge in [-0.15, -0.1) is 0 Å². The van der Waals surface area contributed by atoms with Crippen molar-refractivity contribution in [3.63, 3.8) is 0 Å². The number of hydrogen-bond acceptors (Lipinski definition) is 5. The number of nitrogens with zero attached hydrogens (tertiary/aromatic N) is 2. The fourth-order valence-corrected chi connectivity index (χ4v) is 5.73. The Morgan fingerprint density at radius 1 is 0.875 bits per heavy atom. The molecule has 1 aliphatic heterocycles. The van der Waals surface area contributed by atoms with Crippen LogP contribution in [0.5, 0.6) is 0 Å². The molecule has 6 rings (SSSR count). The van der Waals surface area contributed by atoms with Crippen molar-refractivity contribution < 1.29 is 14.5 Å². The van der Waals surface area contributed by atoms with E-state index in [1.54, 1.807) is 41.3 Å². The third-order valence-electron chi connectivity index (χ3n) is 7.67. The molecule has 0 saturated carbocycles. The number of benzene rings is 4. The van der Waals surface area contributed by atoms with Gasteiger partial charge in [0.1, 0.15) is 0 Å². The van der Waals surface area contributed by atoms with Crippen molar-refractivity contribution in [2.24, 2.45) is 0 Å². The van der Waals surface area contributed by atoms with E-state index in [2.05, 4.69) is 17.4 Å².